The molecule has 0 saturated carbocycles. The average Bonchev–Trinajstić information content (AvgIpc) is 2.57. The van der Waals surface area contributed by atoms with Crippen LogP contribution in [0.1, 0.15) is 0 Å². The van der Waals surface area contributed by atoms with Crippen LogP contribution in [0.2, 0.25) is 0 Å². The fraction of sp³-hybridized carbons (Fsp3) is 0.312. The van der Waals surface area contributed by atoms with Crippen LogP contribution in [-0.2, 0) is 14.3 Å². The number of nitrogens with zero attached hydrogens (tertiary/aromatic N) is 1. The van der Waals surface area contributed by atoms with E-state index in [0.29, 0.717) is 18.8 Å². The van der Waals surface area contributed by atoms with E-state index in [4.69, 9.17) is 4.74 Å². The Labute approximate surface area is 134 Å². The number of anilines is 1. The molecular weight excluding hydrogens is 296 g/mol. The summed E-state index contributed by atoms with van der Waals surface area (Å²) in [4.78, 5) is 27.8. The molecule has 3 N–H and O–H groups in total. The number of ether oxygens (including phenoxy) is 1. The molecule has 1 aromatic heterocycles. The van der Waals surface area contributed by atoms with Gasteiger partial charge in [0.15, 0.2) is 0 Å². The predicted octanol–water partition coefficient (Wildman–Crippen LogP) is 0.526. The van der Waals surface area contributed by atoms with Crippen molar-refractivity contribution in [2.75, 3.05) is 38.7 Å². The summed E-state index contributed by atoms with van der Waals surface area (Å²) in [5.41, 5.74) is 1.34. The van der Waals surface area contributed by atoms with E-state index in [0.717, 1.165) is 10.9 Å². The van der Waals surface area contributed by atoms with Gasteiger partial charge < -0.3 is 20.7 Å². The fourth-order valence-corrected chi connectivity index (χ4v) is 2.02. The van der Waals surface area contributed by atoms with Gasteiger partial charge in [-0.2, -0.15) is 0 Å². The molecule has 0 aliphatic heterocycles. The number of amides is 2. The first-order valence-corrected chi connectivity index (χ1v) is 7.30. The van der Waals surface area contributed by atoms with Gasteiger partial charge in [0.05, 0.1) is 30.9 Å². The lowest BCUT2D eigenvalue weighted by atomic mass is 10.2. The molecular formula is C16H20N4O3. The summed E-state index contributed by atoms with van der Waals surface area (Å²) in [5.74, 6) is -0.541. The maximum absolute atomic E-state index is 11.9. The molecule has 0 aliphatic carbocycles. The first-order chi connectivity index (χ1) is 11.2. The molecule has 0 atom stereocenters. The molecule has 1 heterocycles. The van der Waals surface area contributed by atoms with Gasteiger partial charge in [0.25, 0.3) is 0 Å². The Hall–Kier alpha value is -2.51. The van der Waals surface area contributed by atoms with E-state index >= 15 is 0 Å². The lowest BCUT2D eigenvalue weighted by molar-refractivity contribution is -0.123. The van der Waals surface area contributed by atoms with E-state index in [9.17, 15) is 9.59 Å². The third kappa shape index (κ3) is 5.32. The highest BCUT2D eigenvalue weighted by atomic mass is 16.5. The van der Waals surface area contributed by atoms with Crippen molar-refractivity contribution in [3.8, 4) is 0 Å². The van der Waals surface area contributed by atoms with Gasteiger partial charge in [-0.1, -0.05) is 18.2 Å². The molecule has 122 valence electrons. The van der Waals surface area contributed by atoms with E-state index in [1.54, 1.807) is 19.4 Å². The van der Waals surface area contributed by atoms with E-state index < -0.39 is 0 Å². The number of nitrogens with one attached hydrogen (secondary N) is 3. The molecule has 0 saturated heterocycles. The summed E-state index contributed by atoms with van der Waals surface area (Å²) in [6.45, 7) is 1.17. The Morgan fingerprint density at radius 1 is 1.13 bits per heavy atom. The number of carbonyl (C=O) groups is 2. The largest absolute Gasteiger partial charge is 0.383 e. The number of para-hydroxylation sites is 1. The maximum atomic E-state index is 11.9. The lowest BCUT2D eigenvalue weighted by Gasteiger charge is -2.09. The zero-order valence-corrected chi connectivity index (χ0v) is 13.0. The van der Waals surface area contributed by atoms with Crippen LogP contribution >= 0.6 is 0 Å². The number of carbonyl (C=O) groups excluding carboxylic acids is 2. The maximum Gasteiger partial charge on any atom is 0.243 e. The Bertz CT molecular complexity index is 670. The second-order valence-electron chi connectivity index (χ2n) is 4.88. The predicted molar refractivity (Wildman–Crippen MR) is 88.1 cm³/mol. The molecule has 0 aliphatic rings. The van der Waals surface area contributed by atoms with E-state index in [1.165, 1.54) is 0 Å². The normalized spacial score (nSPS) is 10.5. The van der Waals surface area contributed by atoms with Crippen LogP contribution < -0.4 is 16.0 Å². The first-order valence-electron chi connectivity index (χ1n) is 7.30. The van der Waals surface area contributed by atoms with Gasteiger partial charge in [-0.15, -0.1) is 0 Å². The van der Waals surface area contributed by atoms with Gasteiger partial charge in [-0.05, 0) is 12.1 Å². The van der Waals surface area contributed by atoms with Crippen molar-refractivity contribution < 1.29 is 14.3 Å². The smallest absolute Gasteiger partial charge is 0.243 e. The number of aromatic nitrogens is 1. The Morgan fingerprint density at radius 2 is 1.96 bits per heavy atom. The minimum Gasteiger partial charge on any atom is -0.383 e. The second-order valence-corrected chi connectivity index (χ2v) is 4.88. The first kappa shape index (κ1) is 16.9. The molecule has 2 amide bonds. The summed E-state index contributed by atoms with van der Waals surface area (Å²) >= 11 is 0. The van der Waals surface area contributed by atoms with Crippen molar-refractivity contribution in [3.63, 3.8) is 0 Å². The Kier molecular flexibility index (Phi) is 6.46. The highest BCUT2D eigenvalue weighted by molar-refractivity contribution is 6.01. The summed E-state index contributed by atoms with van der Waals surface area (Å²) in [6, 6.07) is 9.31. The molecule has 0 fully saturated rings. The van der Waals surface area contributed by atoms with Gasteiger partial charge in [-0.25, -0.2) is 0 Å². The Balaban J connectivity index is 1.81. The van der Waals surface area contributed by atoms with Gasteiger partial charge in [0.2, 0.25) is 11.8 Å². The van der Waals surface area contributed by atoms with Gasteiger partial charge in [0, 0.05) is 25.2 Å². The number of rotatable bonds is 8. The average molecular weight is 316 g/mol. The number of fused-ring (bicyclic) bond motifs is 1. The van der Waals surface area contributed by atoms with Gasteiger partial charge in [-0.3, -0.25) is 14.6 Å². The Morgan fingerprint density at radius 3 is 2.78 bits per heavy atom. The van der Waals surface area contributed by atoms with Crippen LogP contribution in [0.15, 0.2) is 36.5 Å². The molecule has 0 unspecified atom stereocenters. The van der Waals surface area contributed by atoms with Crippen LogP contribution in [0.25, 0.3) is 10.9 Å². The highest BCUT2D eigenvalue weighted by Crippen LogP contribution is 2.20. The van der Waals surface area contributed by atoms with E-state index in [-0.39, 0.29) is 24.9 Å². The van der Waals surface area contributed by atoms with E-state index in [1.807, 2.05) is 24.3 Å². The summed E-state index contributed by atoms with van der Waals surface area (Å²) in [6.07, 6.45) is 1.67. The van der Waals surface area contributed by atoms with Gasteiger partial charge in [0.1, 0.15) is 0 Å². The molecule has 7 nitrogen and oxygen atoms in total. The quantitative estimate of drug-likeness (QED) is 0.618. The van der Waals surface area contributed by atoms with Crippen LogP contribution in [0.3, 0.4) is 0 Å². The minimum absolute atomic E-state index is 0.0893. The number of hydrogen-bond donors (Lipinski definition) is 3. The molecule has 23 heavy (non-hydrogen) atoms. The molecule has 7 heteroatoms. The zero-order valence-electron chi connectivity index (χ0n) is 13.0. The minimum atomic E-state index is -0.298. The highest BCUT2D eigenvalue weighted by Gasteiger charge is 2.08. The van der Waals surface area contributed by atoms with Crippen molar-refractivity contribution in [2.24, 2.45) is 0 Å². The van der Waals surface area contributed by atoms with Crippen molar-refractivity contribution in [3.05, 3.63) is 36.5 Å². The molecule has 2 aromatic rings. The van der Waals surface area contributed by atoms with Crippen LogP contribution in [0.5, 0.6) is 0 Å². The monoisotopic (exact) mass is 316 g/mol. The lowest BCUT2D eigenvalue weighted by Crippen LogP contribution is -2.39. The number of pyridine rings is 1. The molecule has 2 rings (SSSR count). The van der Waals surface area contributed by atoms with Crippen molar-refractivity contribution in [1.29, 1.82) is 0 Å². The number of hydrogen-bond acceptors (Lipinski definition) is 5. The summed E-state index contributed by atoms with van der Waals surface area (Å²) in [5, 5.41) is 9.16. The molecule has 0 bridgehead atoms. The second kappa shape index (κ2) is 8.82. The molecule has 0 radical (unpaired) electrons. The van der Waals surface area contributed by atoms with Crippen LogP contribution in [0.4, 0.5) is 5.69 Å². The molecule has 1 aromatic carbocycles. The standard InChI is InChI=1S/C16H20N4O3/c1-23-9-8-17-10-14(21)19-11-15(22)20-13-6-2-4-12-5-3-7-18-16(12)13/h2-7,17H,8-11H2,1H3,(H,19,21)(H,20,22). The van der Waals surface area contributed by atoms with Crippen molar-refractivity contribution in [2.45, 2.75) is 0 Å². The van der Waals surface area contributed by atoms with E-state index in [2.05, 4.69) is 20.9 Å². The molecule has 0 spiro atoms. The SMILES string of the molecule is COCCNCC(=O)NCC(=O)Nc1cccc2cccnc12. The zero-order chi connectivity index (χ0) is 16.5. The van der Waals surface area contributed by atoms with Crippen molar-refractivity contribution in [1.82, 2.24) is 15.6 Å². The summed E-state index contributed by atoms with van der Waals surface area (Å²) in [7, 11) is 1.59. The third-order valence-electron chi connectivity index (χ3n) is 3.12. The van der Waals surface area contributed by atoms with Crippen LogP contribution in [0, 0.1) is 0 Å². The van der Waals surface area contributed by atoms with Crippen molar-refractivity contribution >= 4 is 28.4 Å². The van der Waals surface area contributed by atoms with Crippen LogP contribution in [-0.4, -0.2) is 50.1 Å². The number of methoxy groups -OCH3 is 1. The summed E-state index contributed by atoms with van der Waals surface area (Å²) < 4.78 is 4.86. The van der Waals surface area contributed by atoms with Gasteiger partial charge >= 0.3 is 0 Å². The number of benzene rings is 1. The third-order valence-corrected chi connectivity index (χ3v) is 3.12. The fourth-order valence-electron chi connectivity index (χ4n) is 2.02. The topological polar surface area (TPSA) is 92.4 Å².